The molecule has 0 aromatic heterocycles. The molecule has 1 aromatic rings. The molecule has 0 aliphatic heterocycles. The summed E-state index contributed by atoms with van der Waals surface area (Å²) in [5.74, 6) is -1.41. The smallest absolute Gasteiger partial charge is 0.303 e. The first-order valence-electron chi connectivity index (χ1n) is 6.74. The molecule has 0 aliphatic rings. The molecule has 116 valence electrons. The number of nitrogens with one attached hydrogen (secondary N) is 1. The van der Waals surface area contributed by atoms with E-state index in [1.165, 1.54) is 18.2 Å². The second-order valence-electron chi connectivity index (χ2n) is 5.43. The maximum absolute atomic E-state index is 13.1. The van der Waals surface area contributed by atoms with Crippen molar-refractivity contribution < 1.29 is 19.1 Å². The number of carbonyl (C=O) groups excluding carboxylic acids is 1. The largest absolute Gasteiger partial charge is 0.481 e. The Balaban J connectivity index is 2.63. The predicted molar refractivity (Wildman–Crippen MR) is 81.6 cm³/mol. The van der Waals surface area contributed by atoms with E-state index in [2.05, 4.69) is 21.2 Å². The highest BCUT2D eigenvalue weighted by Crippen LogP contribution is 2.18. The highest BCUT2D eigenvalue weighted by Gasteiger charge is 2.17. The highest BCUT2D eigenvalue weighted by molar-refractivity contribution is 9.10. The van der Waals surface area contributed by atoms with Crippen LogP contribution in [-0.2, 0) is 4.79 Å². The van der Waals surface area contributed by atoms with Gasteiger partial charge in [0.1, 0.15) is 5.82 Å². The molecule has 0 heterocycles. The quantitative estimate of drug-likeness (QED) is 0.783. The number of carboxylic acid groups (broad SMARTS) is 1. The lowest BCUT2D eigenvalue weighted by Gasteiger charge is -2.17. The van der Waals surface area contributed by atoms with Crippen molar-refractivity contribution in [3.05, 3.63) is 34.1 Å². The molecule has 1 atom stereocenters. The Morgan fingerprint density at radius 2 is 2.05 bits per heavy atom. The monoisotopic (exact) mass is 359 g/mol. The Hall–Kier alpha value is -1.43. The molecule has 21 heavy (non-hydrogen) atoms. The maximum Gasteiger partial charge on any atom is 0.303 e. The fraction of sp³-hybridized carbons (Fsp3) is 0.467. The lowest BCUT2D eigenvalue weighted by molar-refractivity contribution is -0.138. The molecule has 1 amide bonds. The van der Waals surface area contributed by atoms with Gasteiger partial charge < -0.3 is 10.4 Å². The number of benzene rings is 1. The molecule has 0 spiro atoms. The zero-order valence-corrected chi connectivity index (χ0v) is 13.6. The van der Waals surface area contributed by atoms with Crippen LogP contribution in [0.25, 0.3) is 0 Å². The van der Waals surface area contributed by atoms with Crippen molar-refractivity contribution in [1.82, 2.24) is 5.32 Å². The fourth-order valence-corrected chi connectivity index (χ4v) is 2.51. The minimum atomic E-state index is -0.876. The topological polar surface area (TPSA) is 66.4 Å². The van der Waals surface area contributed by atoms with E-state index in [1.807, 2.05) is 13.8 Å². The number of aliphatic carboxylic acids is 1. The number of amides is 1. The molecular weight excluding hydrogens is 341 g/mol. The normalized spacial score (nSPS) is 12.2. The molecule has 4 nitrogen and oxygen atoms in total. The first-order chi connectivity index (χ1) is 9.79. The fourth-order valence-electron chi connectivity index (χ4n) is 2.13. The van der Waals surface area contributed by atoms with Crippen LogP contribution in [0, 0.1) is 17.7 Å². The van der Waals surface area contributed by atoms with Crippen molar-refractivity contribution in [2.24, 2.45) is 11.8 Å². The van der Waals surface area contributed by atoms with Crippen molar-refractivity contribution in [2.45, 2.75) is 26.7 Å². The molecule has 0 radical (unpaired) electrons. The van der Waals surface area contributed by atoms with Gasteiger partial charge in [-0.1, -0.05) is 13.8 Å². The van der Waals surface area contributed by atoms with E-state index >= 15 is 0 Å². The second kappa shape index (κ2) is 8.12. The minimum Gasteiger partial charge on any atom is -0.481 e. The van der Waals surface area contributed by atoms with Gasteiger partial charge >= 0.3 is 5.97 Å². The van der Waals surface area contributed by atoms with Crippen LogP contribution < -0.4 is 5.32 Å². The number of hydrogen-bond acceptors (Lipinski definition) is 2. The number of hydrogen-bond donors (Lipinski definition) is 2. The van der Waals surface area contributed by atoms with Crippen molar-refractivity contribution in [3.63, 3.8) is 0 Å². The average Bonchev–Trinajstić information content (AvgIpc) is 2.37. The Morgan fingerprint density at radius 3 is 2.57 bits per heavy atom. The summed E-state index contributed by atoms with van der Waals surface area (Å²) in [6.45, 7) is 4.31. The SMILES string of the molecule is CC(C)C[C@H](CNC(=O)c1ccc(F)c(Br)c1)CC(=O)O. The average molecular weight is 360 g/mol. The zero-order valence-electron chi connectivity index (χ0n) is 12.0. The van der Waals surface area contributed by atoms with Gasteiger partial charge in [0.25, 0.3) is 5.91 Å². The van der Waals surface area contributed by atoms with Crippen molar-refractivity contribution in [1.29, 1.82) is 0 Å². The molecule has 2 N–H and O–H groups in total. The van der Waals surface area contributed by atoms with Gasteiger partial charge in [0.2, 0.25) is 0 Å². The number of halogens is 2. The summed E-state index contributed by atoms with van der Waals surface area (Å²) < 4.78 is 13.3. The van der Waals surface area contributed by atoms with Gasteiger partial charge in [0.05, 0.1) is 4.47 Å². The van der Waals surface area contributed by atoms with Crippen LogP contribution in [-0.4, -0.2) is 23.5 Å². The predicted octanol–water partition coefficient (Wildman–Crippen LogP) is 3.46. The highest BCUT2D eigenvalue weighted by atomic mass is 79.9. The minimum absolute atomic E-state index is 0.0194. The van der Waals surface area contributed by atoms with Crippen LogP contribution in [0.15, 0.2) is 22.7 Å². The first kappa shape index (κ1) is 17.6. The third kappa shape index (κ3) is 6.25. The van der Waals surface area contributed by atoms with Crippen molar-refractivity contribution in [2.75, 3.05) is 6.54 Å². The van der Waals surface area contributed by atoms with Crippen LogP contribution in [0.5, 0.6) is 0 Å². The summed E-state index contributed by atoms with van der Waals surface area (Å²) in [4.78, 5) is 22.8. The Morgan fingerprint density at radius 1 is 1.38 bits per heavy atom. The van der Waals surface area contributed by atoms with E-state index in [-0.39, 0.29) is 29.3 Å². The lowest BCUT2D eigenvalue weighted by atomic mass is 9.94. The molecule has 0 saturated heterocycles. The molecule has 0 saturated carbocycles. The van der Waals surface area contributed by atoms with Gasteiger partial charge in [-0.05, 0) is 52.4 Å². The molecular formula is C15H19BrFNO3. The van der Waals surface area contributed by atoms with E-state index in [0.717, 1.165) is 6.42 Å². The van der Waals surface area contributed by atoms with Crippen molar-refractivity contribution >= 4 is 27.8 Å². The summed E-state index contributed by atoms with van der Waals surface area (Å²) in [5, 5.41) is 11.6. The molecule has 0 bridgehead atoms. The van der Waals surface area contributed by atoms with Gasteiger partial charge in [-0.3, -0.25) is 9.59 Å². The van der Waals surface area contributed by atoms with E-state index in [4.69, 9.17) is 5.11 Å². The Kier molecular flexibility index (Phi) is 6.81. The first-order valence-corrected chi connectivity index (χ1v) is 7.54. The molecule has 1 aromatic carbocycles. The summed E-state index contributed by atoms with van der Waals surface area (Å²) in [6.07, 6.45) is 0.741. The summed E-state index contributed by atoms with van der Waals surface area (Å²) in [6, 6.07) is 4.01. The summed E-state index contributed by atoms with van der Waals surface area (Å²) in [7, 11) is 0. The molecule has 0 fully saturated rings. The van der Waals surface area contributed by atoms with Crippen LogP contribution in [0.4, 0.5) is 4.39 Å². The molecule has 0 unspecified atom stereocenters. The van der Waals surface area contributed by atoms with E-state index < -0.39 is 11.8 Å². The third-order valence-corrected chi connectivity index (χ3v) is 3.61. The summed E-state index contributed by atoms with van der Waals surface area (Å²) in [5.41, 5.74) is 0.335. The molecule has 6 heteroatoms. The Bertz CT molecular complexity index is 520. The summed E-state index contributed by atoms with van der Waals surface area (Å²) >= 11 is 3.03. The number of carboxylic acids is 1. The van der Waals surface area contributed by atoms with Gasteiger partial charge in [-0.2, -0.15) is 0 Å². The van der Waals surface area contributed by atoms with Gasteiger partial charge in [0.15, 0.2) is 0 Å². The Labute approximate surface area is 131 Å². The third-order valence-electron chi connectivity index (χ3n) is 3.00. The maximum atomic E-state index is 13.1. The van der Waals surface area contributed by atoms with Crippen LogP contribution >= 0.6 is 15.9 Å². The van der Waals surface area contributed by atoms with Crippen LogP contribution in [0.3, 0.4) is 0 Å². The second-order valence-corrected chi connectivity index (χ2v) is 6.29. The van der Waals surface area contributed by atoms with Crippen LogP contribution in [0.2, 0.25) is 0 Å². The van der Waals surface area contributed by atoms with Gasteiger partial charge in [0, 0.05) is 18.5 Å². The standard InChI is InChI=1S/C15H19BrFNO3/c1-9(2)5-10(6-14(19)20)8-18-15(21)11-3-4-13(17)12(16)7-11/h3-4,7,9-10H,5-6,8H2,1-2H3,(H,18,21)(H,19,20)/t10-/m0/s1. The lowest BCUT2D eigenvalue weighted by Crippen LogP contribution is -2.31. The van der Waals surface area contributed by atoms with E-state index in [9.17, 15) is 14.0 Å². The van der Waals surface area contributed by atoms with Crippen LogP contribution in [0.1, 0.15) is 37.0 Å². The molecule has 0 aliphatic carbocycles. The van der Waals surface area contributed by atoms with E-state index in [1.54, 1.807) is 0 Å². The number of carbonyl (C=O) groups is 2. The van der Waals surface area contributed by atoms with Gasteiger partial charge in [-0.15, -0.1) is 0 Å². The molecule has 1 rings (SSSR count). The number of rotatable bonds is 7. The zero-order chi connectivity index (χ0) is 16.0. The van der Waals surface area contributed by atoms with E-state index in [0.29, 0.717) is 11.5 Å². The van der Waals surface area contributed by atoms with Crippen molar-refractivity contribution in [3.8, 4) is 0 Å². The van der Waals surface area contributed by atoms with Gasteiger partial charge in [-0.25, -0.2) is 4.39 Å².